The molecule has 0 aliphatic carbocycles. The van der Waals surface area contributed by atoms with Crippen molar-refractivity contribution in [2.24, 2.45) is 0 Å². The first kappa shape index (κ1) is 11.3. The molecule has 6 nitrogen and oxygen atoms in total. The summed E-state index contributed by atoms with van der Waals surface area (Å²) in [6.07, 6.45) is 1.36. The Morgan fingerprint density at radius 3 is 2.29 bits per heavy atom. The first-order chi connectivity index (χ1) is 7.99. The minimum Gasteiger partial charge on any atom is -0.390 e. The maximum atomic E-state index is 10.5. The van der Waals surface area contributed by atoms with Gasteiger partial charge in [0.1, 0.15) is 0 Å². The van der Waals surface area contributed by atoms with E-state index in [4.69, 9.17) is 0 Å². The lowest BCUT2D eigenvalue weighted by molar-refractivity contribution is -0.394. The maximum absolute atomic E-state index is 10.5. The fourth-order valence-electron chi connectivity index (χ4n) is 1.98. The van der Waals surface area contributed by atoms with Crippen molar-refractivity contribution in [1.29, 1.82) is 0 Å². The summed E-state index contributed by atoms with van der Waals surface area (Å²) < 4.78 is 1.45. The molecule has 2 rings (SSSR count). The molecule has 0 spiro atoms. The molecular weight excluding hydrogens is 220 g/mol. The average Bonchev–Trinajstić information content (AvgIpc) is 2.65. The van der Waals surface area contributed by atoms with Crippen LogP contribution in [0.1, 0.15) is 16.7 Å². The van der Waals surface area contributed by atoms with Gasteiger partial charge in [-0.05, 0) is 36.8 Å². The molecule has 0 saturated carbocycles. The molecule has 0 amide bonds. The van der Waals surface area contributed by atoms with Gasteiger partial charge >= 0.3 is 5.95 Å². The number of hydrogen-bond donors (Lipinski definition) is 0. The topological polar surface area (TPSA) is 73.8 Å². The molecule has 0 bridgehead atoms. The molecule has 88 valence electrons. The summed E-state index contributed by atoms with van der Waals surface area (Å²) in [4.78, 5) is 13.6. The molecule has 17 heavy (non-hydrogen) atoms. The smallest absolute Gasteiger partial charge is 0.390 e. The lowest BCUT2D eigenvalue weighted by atomic mass is 10.1. The second kappa shape index (κ2) is 3.97. The molecule has 2 aromatic rings. The lowest BCUT2D eigenvalue weighted by Gasteiger charge is -2.07. The Kier molecular flexibility index (Phi) is 2.63. The van der Waals surface area contributed by atoms with Crippen LogP contribution >= 0.6 is 0 Å². The molecule has 0 fully saturated rings. The number of hydrogen-bond acceptors (Lipinski definition) is 4. The summed E-state index contributed by atoms with van der Waals surface area (Å²) in [5.41, 5.74) is 4.03. The van der Waals surface area contributed by atoms with E-state index in [0.29, 0.717) is 0 Å². The van der Waals surface area contributed by atoms with Crippen LogP contribution in [0.4, 0.5) is 5.95 Å². The highest BCUT2D eigenvalue weighted by molar-refractivity contribution is 5.48. The van der Waals surface area contributed by atoms with Crippen LogP contribution in [0.3, 0.4) is 0 Å². The normalized spacial score (nSPS) is 10.5. The fourth-order valence-corrected chi connectivity index (χ4v) is 1.98. The number of rotatable bonds is 2. The molecule has 6 heteroatoms. The molecule has 0 aliphatic rings. The van der Waals surface area contributed by atoms with Crippen LogP contribution in [0.5, 0.6) is 0 Å². The third-order valence-corrected chi connectivity index (χ3v) is 2.51. The number of aryl methyl sites for hydroxylation is 3. The number of nitro groups is 1. The molecule has 0 saturated heterocycles. The summed E-state index contributed by atoms with van der Waals surface area (Å²) >= 11 is 0. The van der Waals surface area contributed by atoms with Gasteiger partial charge in [-0.25, -0.2) is 0 Å². The first-order valence-corrected chi connectivity index (χ1v) is 5.13. The van der Waals surface area contributed by atoms with Crippen molar-refractivity contribution in [3.05, 3.63) is 45.3 Å². The third-order valence-electron chi connectivity index (χ3n) is 2.51. The molecule has 1 aromatic heterocycles. The van der Waals surface area contributed by atoms with Gasteiger partial charge in [0.05, 0.1) is 5.69 Å². The van der Waals surface area contributed by atoms with E-state index >= 15 is 0 Å². The SMILES string of the molecule is Cc1cc(C)c(-n2cnc([N+](=O)[O-])n2)c(C)c1. The standard InChI is InChI=1S/C11H12N4O2/c1-7-4-8(2)10(9(3)5-7)14-6-12-11(13-14)15(16)17/h4-6H,1-3H3. The van der Waals surface area contributed by atoms with E-state index in [1.54, 1.807) is 0 Å². The van der Waals surface area contributed by atoms with Crippen LogP contribution in [0, 0.1) is 30.9 Å². The van der Waals surface area contributed by atoms with E-state index < -0.39 is 4.92 Å². The Hall–Kier alpha value is -2.24. The highest BCUT2D eigenvalue weighted by Crippen LogP contribution is 2.20. The molecular formula is C11H12N4O2. The van der Waals surface area contributed by atoms with Crippen LogP contribution < -0.4 is 0 Å². The zero-order valence-electron chi connectivity index (χ0n) is 9.84. The number of aromatic nitrogens is 3. The van der Waals surface area contributed by atoms with Gasteiger partial charge in [-0.2, -0.15) is 0 Å². The van der Waals surface area contributed by atoms with Crippen LogP contribution in [0.2, 0.25) is 0 Å². The van der Waals surface area contributed by atoms with Gasteiger partial charge in [0.25, 0.3) is 0 Å². The van der Waals surface area contributed by atoms with Crippen molar-refractivity contribution in [2.75, 3.05) is 0 Å². The van der Waals surface area contributed by atoms with Crippen molar-refractivity contribution in [3.8, 4) is 5.69 Å². The Balaban J connectivity index is 2.56. The van der Waals surface area contributed by atoms with E-state index in [0.717, 1.165) is 22.4 Å². The Morgan fingerprint density at radius 1 is 1.24 bits per heavy atom. The minimum atomic E-state index is -0.602. The van der Waals surface area contributed by atoms with Crippen LogP contribution in [0.25, 0.3) is 5.69 Å². The quantitative estimate of drug-likeness (QED) is 0.587. The van der Waals surface area contributed by atoms with Crippen LogP contribution in [-0.2, 0) is 0 Å². The van der Waals surface area contributed by atoms with Gasteiger partial charge in [0.2, 0.25) is 6.33 Å². The van der Waals surface area contributed by atoms with Crippen molar-refractivity contribution in [1.82, 2.24) is 14.8 Å². The van der Waals surface area contributed by atoms with Crippen molar-refractivity contribution in [2.45, 2.75) is 20.8 Å². The average molecular weight is 232 g/mol. The summed E-state index contributed by atoms with van der Waals surface area (Å²) in [6.45, 7) is 5.90. The van der Waals surface area contributed by atoms with Crippen LogP contribution in [-0.4, -0.2) is 19.7 Å². The van der Waals surface area contributed by atoms with E-state index in [9.17, 15) is 10.1 Å². The summed E-state index contributed by atoms with van der Waals surface area (Å²) in [5, 5.41) is 14.4. The Labute approximate surface area is 98.1 Å². The summed E-state index contributed by atoms with van der Waals surface area (Å²) in [7, 11) is 0. The molecule has 0 unspecified atom stereocenters. The largest absolute Gasteiger partial charge is 0.491 e. The Morgan fingerprint density at radius 2 is 1.82 bits per heavy atom. The maximum Gasteiger partial charge on any atom is 0.491 e. The Bertz CT molecular complexity index is 566. The van der Waals surface area contributed by atoms with Crippen LogP contribution in [0.15, 0.2) is 18.5 Å². The van der Waals surface area contributed by atoms with E-state index in [-0.39, 0.29) is 5.95 Å². The van der Waals surface area contributed by atoms with E-state index in [2.05, 4.69) is 10.1 Å². The number of benzene rings is 1. The van der Waals surface area contributed by atoms with E-state index in [1.165, 1.54) is 11.0 Å². The number of nitrogens with zero attached hydrogens (tertiary/aromatic N) is 4. The molecule has 1 aromatic carbocycles. The van der Waals surface area contributed by atoms with Gasteiger partial charge in [0, 0.05) is 5.10 Å². The molecule has 0 atom stereocenters. The fraction of sp³-hybridized carbons (Fsp3) is 0.273. The molecule has 0 radical (unpaired) electrons. The third kappa shape index (κ3) is 2.01. The predicted octanol–water partition coefficient (Wildman–Crippen LogP) is 2.10. The van der Waals surface area contributed by atoms with Gasteiger partial charge in [-0.15, -0.1) is 4.68 Å². The van der Waals surface area contributed by atoms with E-state index in [1.807, 2.05) is 32.9 Å². The minimum absolute atomic E-state index is 0.385. The molecule has 0 aliphatic heterocycles. The second-order valence-corrected chi connectivity index (χ2v) is 3.99. The monoisotopic (exact) mass is 232 g/mol. The van der Waals surface area contributed by atoms with Crippen molar-refractivity contribution >= 4 is 5.95 Å². The van der Waals surface area contributed by atoms with Crippen molar-refractivity contribution in [3.63, 3.8) is 0 Å². The lowest BCUT2D eigenvalue weighted by Crippen LogP contribution is -2.02. The zero-order valence-corrected chi connectivity index (χ0v) is 9.84. The predicted molar refractivity (Wildman–Crippen MR) is 62.2 cm³/mol. The summed E-state index contributed by atoms with van der Waals surface area (Å²) in [6, 6.07) is 4.02. The second-order valence-electron chi connectivity index (χ2n) is 3.99. The zero-order chi connectivity index (χ0) is 12.6. The highest BCUT2D eigenvalue weighted by atomic mass is 16.6. The van der Waals surface area contributed by atoms with Gasteiger partial charge in [0.15, 0.2) is 0 Å². The van der Waals surface area contributed by atoms with Gasteiger partial charge in [-0.3, -0.25) is 0 Å². The highest BCUT2D eigenvalue weighted by Gasteiger charge is 2.17. The summed E-state index contributed by atoms with van der Waals surface area (Å²) in [5.74, 6) is -0.385. The first-order valence-electron chi connectivity index (χ1n) is 5.13. The van der Waals surface area contributed by atoms with Crippen molar-refractivity contribution < 1.29 is 4.92 Å². The molecule has 0 N–H and O–H groups in total. The van der Waals surface area contributed by atoms with Gasteiger partial charge in [-0.1, -0.05) is 22.7 Å². The van der Waals surface area contributed by atoms with Gasteiger partial charge < -0.3 is 10.1 Å². The molecule has 1 heterocycles.